The quantitative estimate of drug-likeness (QED) is 0.154. The van der Waals surface area contributed by atoms with Crippen LogP contribution < -0.4 is 0 Å². The molecule has 0 unspecified atom stereocenters. The third-order valence-corrected chi connectivity index (χ3v) is 7.32. The molecule has 0 radical (unpaired) electrons. The Kier molecular flexibility index (Phi) is 24.9. The van der Waals surface area contributed by atoms with Gasteiger partial charge in [-0.05, 0) is 0 Å². The van der Waals surface area contributed by atoms with Gasteiger partial charge in [-0.15, -0.1) is 0 Å². The van der Waals surface area contributed by atoms with Crippen molar-refractivity contribution in [1.82, 2.24) is 0 Å². The predicted octanol–water partition coefficient (Wildman–Crippen LogP) is 6.53. The molecule has 0 bridgehead atoms. The molecule has 3 heteroatoms. The van der Waals surface area contributed by atoms with Crippen LogP contribution in [0.15, 0.2) is 0 Å². The summed E-state index contributed by atoms with van der Waals surface area (Å²) in [5.74, 6) is 0. The van der Waals surface area contributed by atoms with E-state index in [2.05, 4.69) is 0 Å². The van der Waals surface area contributed by atoms with Crippen LogP contribution in [0.1, 0.15) is 116 Å². The van der Waals surface area contributed by atoms with Gasteiger partial charge in [0, 0.05) is 0 Å². The molecule has 0 amide bonds. The maximum absolute atomic E-state index is 8.72. The molecule has 0 aliphatic carbocycles. The second-order valence-corrected chi connectivity index (χ2v) is 9.99. The van der Waals surface area contributed by atoms with Gasteiger partial charge in [-0.2, -0.15) is 0 Å². The number of hydrogen-bond acceptors (Lipinski definition) is 2. The first-order valence-corrected chi connectivity index (χ1v) is 13.6. The standard InChI is InChI=1S/C22H46O2Se/c23-19-15-11-7-3-1-5-9-13-17-21-25-22-18-14-10-6-2-4-8-12-16-20-24/h23-24H,1-22H2. The van der Waals surface area contributed by atoms with Crippen LogP contribution >= 0.6 is 0 Å². The van der Waals surface area contributed by atoms with Crippen molar-refractivity contribution in [2.45, 2.75) is 126 Å². The summed E-state index contributed by atoms with van der Waals surface area (Å²) in [7, 11) is 0. The summed E-state index contributed by atoms with van der Waals surface area (Å²) in [5.41, 5.74) is 0. The molecule has 0 atom stereocenters. The van der Waals surface area contributed by atoms with Crippen molar-refractivity contribution in [2.24, 2.45) is 0 Å². The maximum atomic E-state index is 8.72. The van der Waals surface area contributed by atoms with Crippen molar-refractivity contribution in [1.29, 1.82) is 0 Å². The Hall–Kier alpha value is 0.439. The molecular formula is C22H46O2Se. The normalized spacial score (nSPS) is 11.3. The van der Waals surface area contributed by atoms with Gasteiger partial charge in [-0.25, -0.2) is 0 Å². The zero-order valence-electron chi connectivity index (χ0n) is 16.9. The number of unbranched alkanes of at least 4 members (excludes halogenated alkanes) is 16. The molecule has 0 aromatic carbocycles. The van der Waals surface area contributed by atoms with Gasteiger partial charge in [0.15, 0.2) is 0 Å². The van der Waals surface area contributed by atoms with Crippen molar-refractivity contribution >= 4 is 15.0 Å². The minimum atomic E-state index is 0.369. The second-order valence-electron chi connectivity index (χ2n) is 7.42. The molecule has 0 spiro atoms. The van der Waals surface area contributed by atoms with Crippen LogP contribution in [0.25, 0.3) is 0 Å². The van der Waals surface area contributed by atoms with Gasteiger partial charge in [0.2, 0.25) is 0 Å². The molecule has 152 valence electrons. The first-order valence-electron chi connectivity index (χ1n) is 11.2. The van der Waals surface area contributed by atoms with E-state index < -0.39 is 0 Å². The van der Waals surface area contributed by atoms with Crippen LogP contribution in [-0.4, -0.2) is 38.4 Å². The van der Waals surface area contributed by atoms with Crippen LogP contribution in [0.2, 0.25) is 10.6 Å². The minimum absolute atomic E-state index is 0.369. The van der Waals surface area contributed by atoms with Gasteiger partial charge in [-0.3, -0.25) is 0 Å². The van der Waals surface area contributed by atoms with Crippen LogP contribution in [0.4, 0.5) is 0 Å². The van der Waals surface area contributed by atoms with Crippen LogP contribution in [0, 0.1) is 0 Å². The zero-order valence-corrected chi connectivity index (χ0v) is 18.6. The zero-order chi connectivity index (χ0) is 18.3. The molecule has 2 nitrogen and oxygen atoms in total. The van der Waals surface area contributed by atoms with Gasteiger partial charge >= 0.3 is 165 Å². The van der Waals surface area contributed by atoms with Crippen LogP contribution in [0.5, 0.6) is 0 Å². The fourth-order valence-electron chi connectivity index (χ4n) is 3.21. The van der Waals surface area contributed by atoms with Crippen molar-refractivity contribution in [3.05, 3.63) is 0 Å². The molecule has 2 N–H and O–H groups in total. The Balaban J connectivity index is 2.94. The second kappa shape index (κ2) is 24.4. The van der Waals surface area contributed by atoms with E-state index in [1.807, 2.05) is 0 Å². The summed E-state index contributed by atoms with van der Waals surface area (Å²) >= 11 is 0.911. The third-order valence-electron chi connectivity index (χ3n) is 4.89. The Labute approximate surface area is 164 Å². The van der Waals surface area contributed by atoms with Gasteiger partial charge in [0.25, 0.3) is 0 Å². The third kappa shape index (κ3) is 24.4. The van der Waals surface area contributed by atoms with E-state index in [-0.39, 0.29) is 0 Å². The fraction of sp³-hybridized carbons (Fsp3) is 1.00. The molecule has 0 aliphatic heterocycles. The number of hydrogen-bond donors (Lipinski definition) is 2. The number of aliphatic hydroxyl groups excluding tert-OH is 2. The van der Waals surface area contributed by atoms with E-state index in [1.54, 1.807) is 0 Å². The average Bonchev–Trinajstić information content (AvgIpc) is 2.63. The summed E-state index contributed by atoms with van der Waals surface area (Å²) in [4.78, 5) is 0. The molecule has 0 saturated carbocycles. The Morgan fingerprint density at radius 2 is 0.560 bits per heavy atom. The van der Waals surface area contributed by atoms with E-state index in [9.17, 15) is 0 Å². The number of rotatable bonds is 22. The Bertz CT molecular complexity index is 202. The fourth-order valence-corrected chi connectivity index (χ4v) is 5.35. The SMILES string of the molecule is OCCCCCCCCCCC[Se]CCCCCCCCCCCO. The van der Waals surface area contributed by atoms with E-state index in [1.165, 1.54) is 113 Å². The van der Waals surface area contributed by atoms with Gasteiger partial charge < -0.3 is 0 Å². The van der Waals surface area contributed by atoms with Gasteiger partial charge in [-0.1, -0.05) is 0 Å². The molecule has 25 heavy (non-hydrogen) atoms. The summed E-state index contributed by atoms with van der Waals surface area (Å²) in [5, 5.41) is 20.5. The van der Waals surface area contributed by atoms with Crippen LogP contribution in [0.3, 0.4) is 0 Å². The summed E-state index contributed by atoms with van der Waals surface area (Å²) < 4.78 is 0. The van der Waals surface area contributed by atoms with E-state index >= 15 is 0 Å². The molecule has 0 aromatic rings. The molecule has 0 heterocycles. The van der Waals surface area contributed by atoms with E-state index in [4.69, 9.17) is 10.2 Å². The van der Waals surface area contributed by atoms with Crippen molar-refractivity contribution in [2.75, 3.05) is 13.2 Å². The molecule has 0 saturated heterocycles. The molecule has 0 aliphatic rings. The topological polar surface area (TPSA) is 40.5 Å². The first-order chi connectivity index (χ1) is 12.4. The van der Waals surface area contributed by atoms with Gasteiger partial charge in [0.1, 0.15) is 0 Å². The molecule has 0 aromatic heterocycles. The summed E-state index contributed by atoms with van der Waals surface area (Å²) in [6.45, 7) is 0.738. The average molecular weight is 422 g/mol. The molecular weight excluding hydrogens is 375 g/mol. The first kappa shape index (κ1) is 25.4. The Morgan fingerprint density at radius 1 is 0.320 bits per heavy atom. The monoisotopic (exact) mass is 422 g/mol. The van der Waals surface area contributed by atoms with E-state index in [0.29, 0.717) is 13.2 Å². The molecule has 0 fully saturated rings. The summed E-state index contributed by atoms with van der Waals surface area (Å²) in [6, 6.07) is 0. The van der Waals surface area contributed by atoms with E-state index in [0.717, 1.165) is 27.8 Å². The van der Waals surface area contributed by atoms with Gasteiger partial charge in [0.05, 0.1) is 0 Å². The van der Waals surface area contributed by atoms with Crippen LogP contribution in [-0.2, 0) is 0 Å². The van der Waals surface area contributed by atoms with Crippen molar-refractivity contribution < 1.29 is 10.2 Å². The van der Waals surface area contributed by atoms with Crippen molar-refractivity contribution in [3.63, 3.8) is 0 Å². The number of aliphatic hydroxyl groups is 2. The predicted molar refractivity (Wildman–Crippen MR) is 113 cm³/mol. The summed E-state index contributed by atoms with van der Waals surface area (Å²) in [6.07, 6.45) is 24.1. The molecule has 0 rings (SSSR count). The van der Waals surface area contributed by atoms with Crippen molar-refractivity contribution in [3.8, 4) is 0 Å². The Morgan fingerprint density at radius 3 is 0.840 bits per heavy atom.